The number of benzene rings is 2. The lowest BCUT2D eigenvalue weighted by molar-refractivity contribution is -0.144. The van der Waals surface area contributed by atoms with E-state index in [0.29, 0.717) is 12.1 Å². The highest BCUT2D eigenvalue weighted by Gasteiger charge is 2.47. The molecule has 2 heterocycles. The molecule has 12 heteroatoms. The van der Waals surface area contributed by atoms with Gasteiger partial charge in [0.15, 0.2) is 5.13 Å². The number of hydrogen-bond donors (Lipinski definition) is 1. The second-order valence-corrected chi connectivity index (χ2v) is 8.44. The van der Waals surface area contributed by atoms with Gasteiger partial charge in [0, 0.05) is 24.2 Å². The minimum atomic E-state index is -5.17. The van der Waals surface area contributed by atoms with Crippen molar-refractivity contribution in [2.24, 2.45) is 0 Å². The van der Waals surface area contributed by atoms with Crippen LogP contribution in [0.4, 0.5) is 31.5 Å². The first-order chi connectivity index (χ1) is 15.9. The van der Waals surface area contributed by atoms with Gasteiger partial charge in [-0.3, -0.25) is 9.59 Å². The fourth-order valence-corrected chi connectivity index (χ4v) is 4.58. The topological polar surface area (TPSA) is 62.3 Å². The SMILES string of the molecule is CN1C(=O)c2ccccc2C(C(=O)Nc2nccs2)C1c1ccc(C(F)(F)F)cc1C(F)(F)F. The number of thiazole rings is 1. The minimum absolute atomic E-state index is 0.00392. The molecule has 1 N–H and O–H groups in total. The predicted molar refractivity (Wildman–Crippen MR) is 111 cm³/mol. The number of carbonyl (C=O) groups excluding carboxylic acids is 2. The van der Waals surface area contributed by atoms with Gasteiger partial charge in [-0.25, -0.2) is 4.98 Å². The maximum Gasteiger partial charge on any atom is 0.416 e. The molecular formula is C22H15F6N3O2S. The van der Waals surface area contributed by atoms with Gasteiger partial charge >= 0.3 is 12.4 Å². The summed E-state index contributed by atoms with van der Waals surface area (Å²) in [6, 6.07) is 5.61. The van der Waals surface area contributed by atoms with Crippen LogP contribution in [-0.2, 0) is 17.1 Å². The van der Waals surface area contributed by atoms with Crippen LogP contribution in [0.2, 0.25) is 0 Å². The molecule has 5 nitrogen and oxygen atoms in total. The Bertz CT molecular complexity index is 1240. The zero-order chi connectivity index (χ0) is 24.8. The molecule has 0 saturated heterocycles. The zero-order valence-electron chi connectivity index (χ0n) is 17.2. The van der Waals surface area contributed by atoms with Gasteiger partial charge < -0.3 is 10.2 Å². The highest BCUT2D eigenvalue weighted by atomic mass is 32.1. The van der Waals surface area contributed by atoms with Crippen molar-refractivity contribution in [3.63, 3.8) is 0 Å². The monoisotopic (exact) mass is 499 g/mol. The van der Waals surface area contributed by atoms with Crippen LogP contribution in [0, 0.1) is 0 Å². The summed E-state index contributed by atoms with van der Waals surface area (Å²) in [7, 11) is 1.21. The molecule has 1 aromatic heterocycles. The molecule has 3 aromatic rings. The van der Waals surface area contributed by atoms with E-state index < -0.39 is 52.8 Å². The number of alkyl halides is 6. The lowest BCUT2D eigenvalue weighted by Crippen LogP contribution is -2.44. The fourth-order valence-electron chi connectivity index (χ4n) is 4.05. The van der Waals surface area contributed by atoms with Crippen molar-refractivity contribution in [3.8, 4) is 0 Å². The summed E-state index contributed by atoms with van der Waals surface area (Å²) in [4.78, 5) is 31.2. The van der Waals surface area contributed by atoms with Gasteiger partial charge in [-0.15, -0.1) is 11.3 Å². The summed E-state index contributed by atoms with van der Waals surface area (Å²) in [5.74, 6) is -2.76. The number of carbonyl (C=O) groups is 2. The third kappa shape index (κ3) is 4.25. The molecule has 0 spiro atoms. The number of rotatable bonds is 3. The normalized spacial score (nSPS) is 18.6. The van der Waals surface area contributed by atoms with Crippen LogP contribution in [0.5, 0.6) is 0 Å². The van der Waals surface area contributed by atoms with Gasteiger partial charge in [-0.05, 0) is 29.3 Å². The molecule has 0 saturated carbocycles. The van der Waals surface area contributed by atoms with Crippen LogP contribution in [-0.4, -0.2) is 28.7 Å². The van der Waals surface area contributed by atoms with Crippen molar-refractivity contribution in [1.82, 2.24) is 9.88 Å². The van der Waals surface area contributed by atoms with E-state index in [1.165, 1.54) is 31.4 Å². The standard InChI is InChI=1S/C22H15F6N3O2S/c1-31-17(14-7-6-11(21(23,24)25)10-15(14)22(26,27)28)16(18(32)30-20-29-8-9-34-20)12-4-2-3-5-13(12)19(31)33/h2-10,16-17H,1H3,(H,29,30,32). The number of halogens is 6. The molecule has 2 unspecified atom stereocenters. The Morgan fingerprint density at radius 2 is 1.74 bits per heavy atom. The van der Waals surface area contributed by atoms with Crippen molar-refractivity contribution in [2.45, 2.75) is 24.3 Å². The lowest BCUT2D eigenvalue weighted by Gasteiger charge is -2.40. The van der Waals surface area contributed by atoms with E-state index in [4.69, 9.17) is 0 Å². The number of hydrogen-bond acceptors (Lipinski definition) is 4. The summed E-state index contributed by atoms with van der Waals surface area (Å²) in [5, 5.41) is 4.29. The quantitative estimate of drug-likeness (QED) is 0.469. The third-order valence-corrected chi connectivity index (χ3v) is 6.22. The van der Waals surface area contributed by atoms with Gasteiger partial charge in [0.05, 0.1) is 23.1 Å². The van der Waals surface area contributed by atoms with E-state index in [-0.39, 0.29) is 22.3 Å². The summed E-state index contributed by atoms with van der Waals surface area (Å²) >= 11 is 1.08. The van der Waals surface area contributed by atoms with Gasteiger partial charge in [-0.2, -0.15) is 26.3 Å². The van der Waals surface area contributed by atoms with E-state index in [1.807, 2.05) is 0 Å². The highest BCUT2D eigenvalue weighted by Crippen LogP contribution is 2.47. The van der Waals surface area contributed by atoms with Gasteiger partial charge in [0.2, 0.25) is 5.91 Å². The Morgan fingerprint density at radius 1 is 1.03 bits per heavy atom. The molecule has 0 fully saturated rings. The maximum atomic E-state index is 13.9. The van der Waals surface area contributed by atoms with Gasteiger partial charge in [0.1, 0.15) is 0 Å². The summed E-state index contributed by atoms with van der Waals surface area (Å²) in [6.45, 7) is 0. The number of nitrogens with one attached hydrogen (secondary N) is 1. The van der Waals surface area contributed by atoms with Crippen LogP contribution in [0.15, 0.2) is 54.0 Å². The average Bonchev–Trinajstić information content (AvgIpc) is 3.27. The first-order valence-corrected chi connectivity index (χ1v) is 10.6. The molecule has 178 valence electrons. The van der Waals surface area contributed by atoms with Crippen LogP contribution >= 0.6 is 11.3 Å². The molecule has 2 amide bonds. The number of anilines is 1. The zero-order valence-corrected chi connectivity index (χ0v) is 18.1. The molecule has 0 radical (unpaired) electrons. The summed E-state index contributed by atoms with van der Waals surface area (Å²) < 4.78 is 81.4. The smallest absolute Gasteiger partial charge is 0.333 e. The Morgan fingerprint density at radius 3 is 2.35 bits per heavy atom. The van der Waals surface area contributed by atoms with Crippen LogP contribution < -0.4 is 5.32 Å². The number of likely N-dealkylation sites (N-methyl/N-ethyl adjacent to an activating group) is 1. The third-order valence-electron chi connectivity index (χ3n) is 5.53. The summed E-state index contributed by atoms with van der Waals surface area (Å²) in [6.07, 6.45) is -8.77. The van der Waals surface area contributed by atoms with Crippen LogP contribution in [0.25, 0.3) is 0 Å². The second-order valence-electron chi connectivity index (χ2n) is 7.55. The number of fused-ring (bicyclic) bond motifs is 1. The van der Waals surface area contributed by atoms with E-state index in [2.05, 4.69) is 10.3 Å². The molecule has 0 bridgehead atoms. The van der Waals surface area contributed by atoms with Crippen molar-refractivity contribution >= 4 is 28.3 Å². The van der Waals surface area contributed by atoms with E-state index in [9.17, 15) is 35.9 Å². The Labute approximate surface area is 193 Å². The fraction of sp³-hybridized carbons (Fsp3) is 0.227. The van der Waals surface area contributed by atoms with Crippen molar-refractivity contribution in [2.75, 3.05) is 12.4 Å². The van der Waals surface area contributed by atoms with E-state index in [0.717, 1.165) is 16.2 Å². The molecule has 2 atom stereocenters. The molecular weight excluding hydrogens is 484 g/mol. The molecule has 1 aliphatic heterocycles. The lowest BCUT2D eigenvalue weighted by atomic mass is 9.78. The Balaban J connectivity index is 1.92. The molecule has 2 aromatic carbocycles. The average molecular weight is 499 g/mol. The van der Waals surface area contributed by atoms with E-state index >= 15 is 0 Å². The summed E-state index contributed by atoms with van der Waals surface area (Å²) in [5.41, 5.74) is -3.40. The Kier molecular flexibility index (Phi) is 5.88. The molecule has 0 aliphatic carbocycles. The largest absolute Gasteiger partial charge is 0.416 e. The highest BCUT2D eigenvalue weighted by molar-refractivity contribution is 7.13. The molecule has 1 aliphatic rings. The van der Waals surface area contributed by atoms with E-state index in [1.54, 1.807) is 11.4 Å². The first kappa shape index (κ1) is 23.7. The molecule has 34 heavy (non-hydrogen) atoms. The van der Waals surface area contributed by atoms with Gasteiger partial charge in [-0.1, -0.05) is 24.3 Å². The maximum absolute atomic E-state index is 13.9. The predicted octanol–water partition coefficient (Wildman–Crippen LogP) is 5.73. The Hall–Kier alpha value is -3.41. The van der Waals surface area contributed by atoms with Crippen molar-refractivity contribution < 1.29 is 35.9 Å². The van der Waals surface area contributed by atoms with Gasteiger partial charge in [0.25, 0.3) is 5.91 Å². The molecule has 4 rings (SSSR count). The number of nitrogens with zero attached hydrogens (tertiary/aromatic N) is 2. The number of aromatic nitrogens is 1. The van der Waals surface area contributed by atoms with Crippen LogP contribution in [0.3, 0.4) is 0 Å². The minimum Gasteiger partial charge on any atom is -0.333 e. The number of amides is 2. The van der Waals surface area contributed by atoms with Crippen molar-refractivity contribution in [1.29, 1.82) is 0 Å². The van der Waals surface area contributed by atoms with Crippen molar-refractivity contribution in [3.05, 3.63) is 81.9 Å². The second kappa shape index (κ2) is 8.42. The first-order valence-electron chi connectivity index (χ1n) is 9.74. The van der Waals surface area contributed by atoms with Crippen LogP contribution in [0.1, 0.15) is 44.6 Å².